The van der Waals surface area contributed by atoms with E-state index in [0.717, 1.165) is 11.1 Å². The lowest BCUT2D eigenvalue weighted by atomic mass is 9.95. The fourth-order valence-electron chi connectivity index (χ4n) is 3.66. The van der Waals surface area contributed by atoms with Crippen molar-refractivity contribution in [2.24, 2.45) is 0 Å². The second kappa shape index (κ2) is 9.36. The summed E-state index contributed by atoms with van der Waals surface area (Å²) < 4.78 is 19.7. The van der Waals surface area contributed by atoms with Crippen LogP contribution in [0.1, 0.15) is 17.3 Å². The molecule has 0 aliphatic heterocycles. The van der Waals surface area contributed by atoms with Crippen LogP contribution in [0.2, 0.25) is 0 Å². The fourth-order valence-corrected chi connectivity index (χ4v) is 4.55. The third-order valence-corrected chi connectivity index (χ3v) is 6.07. The molecule has 3 aromatic carbocycles. The number of anilines is 2. The summed E-state index contributed by atoms with van der Waals surface area (Å²) in [5.74, 6) is -0.645. The van der Waals surface area contributed by atoms with Crippen LogP contribution >= 0.6 is 11.3 Å². The van der Waals surface area contributed by atoms with E-state index in [1.54, 1.807) is 13.0 Å². The van der Waals surface area contributed by atoms with Gasteiger partial charge in [-0.25, -0.2) is 14.2 Å². The number of carbonyl (C=O) groups is 1. The highest BCUT2D eigenvalue weighted by molar-refractivity contribution is 7.22. The Hall–Kier alpha value is -4.17. The van der Waals surface area contributed by atoms with E-state index in [1.165, 1.54) is 23.5 Å². The van der Waals surface area contributed by atoms with E-state index in [0.29, 0.717) is 26.6 Å². The number of nitrogens with zero attached hydrogens (tertiary/aromatic N) is 3. The Bertz CT molecular complexity index is 1470. The van der Waals surface area contributed by atoms with Crippen LogP contribution in [0.25, 0.3) is 32.6 Å². The highest BCUT2D eigenvalue weighted by Crippen LogP contribution is 2.38. The zero-order chi connectivity index (χ0) is 23.5. The van der Waals surface area contributed by atoms with E-state index >= 15 is 0 Å². The molecule has 0 saturated carbocycles. The molecule has 0 atom stereocenters. The van der Waals surface area contributed by atoms with E-state index in [-0.39, 0.29) is 23.8 Å². The van der Waals surface area contributed by atoms with Gasteiger partial charge in [0.25, 0.3) is 0 Å². The largest absolute Gasteiger partial charge is 0.462 e. The average molecular weight is 471 g/mol. The van der Waals surface area contributed by atoms with E-state index in [2.05, 4.69) is 20.5 Å². The summed E-state index contributed by atoms with van der Waals surface area (Å²) >= 11 is 1.26. The van der Waals surface area contributed by atoms with E-state index in [1.807, 2.05) is 60.7 Å². The number of ether oxygens (including phenoxy) is 1. The predicted molar refractivity (Wildman–Crippen MR) is 132 cm³/mol. The Morgan fingerprint density at radius 2 is 1.68 bits per heavy atom. The van der Waals surface area contributed by atoms with Crippen molar-refractivity contribution in [3.63, 3.8) is 0 Å². The SMILES string of the molecule is CCOC(=O)c1c(Nc2nc3ccc(F)cc3s2)nnc(-c2ccccc2)c1-c1ccccc1. The van der Waals surface area contributed by atoms with Crippen molar-refractivity contribution in [3.8, 4) is 22.4 Å². The molecular weight excluding hydrogens is 451 g/mol. The zero-order valence-corrected chi connectivity index (χ0v) is 19.0. The van der Waals surface area contributed by atoms with Gasteiger partial charge in [0, 0.05) is 11.1 Å². The van der Waals surface area contributed by atoms with Gasteiger partial charge in [0.1, 0.15) is 17.1 Å². The predicted octanol–water partition coefficient (Wildman–Crippen LogP) is 6.48. The lowest BCUT2D eigenvalue weighted by Crippen LogP contribution is -2.13. The van der Waals surface area contributed by atoms with Crippen molar-refractivity contribution in [1.29, 1.82) is 0 Å². The van der Waals surface area contributed by atoms with E-state index in [9.17, 15) is 9.18 Å². The third-order valence-electron chi connectivity index (χ3n) is 5.14. The number of fused-ring (bicyclic) bond motifs is 1. The van der Waals surface area contributed by atoms with E-state index in [4.69, 9.17) is 4.74 Å². The molecule has 2 heterocycles. The van der Waals surface area contributed by atoms with Gasteiger partial charge in [-0.3, -0.25) is 0 Å². The Balaban J connectivity index is 1.72. The average Bonchev–Trinajstić information content (AvgIpc) is 3.26. The summed E-state index contributed by atoms with van der Waals surface area (Å²) in [4.78, 5) is 17.8. The molecule has 168 valence electrons. The summed E-state index contributed by atoms with van der Waals surface area (Å²) in [5.41, 5.74) is 3.69. The molecule has 0 saturated heterocycles. The maximum Gasteiger partial charge on any atom is 0.342 e. The minimum absolute atomic E-state index is 0.204. The van der Waals surface area contributed by atoms with Crippen LogP contribution in [-0.2, 0) is 4.74 Å². The molecule has 0 aliphatic rings. The molecule has 5 rings (SSSR count). The Morgan fingerprint density at radius 1 is 0.971 bits per heavy atom. The molecule has 34 heavy (non-hydrogen) atoms. The van der Waals surface area contributed by atoms with Gasteiger partial charge >= 0.3 is 5.97 Å². The first kappa shape index (κ1) is 21.7. The molecule has 0 spiro atoms. The van der Waals surface area contributed by atoms with Crippen LogP contribution in [0.4, 0.5) is 15.3 Å². The standard InChI is InChI=1S/C26H19FN4O2S/c1-2-33-25(32)22-21(16-9-5-3-6-10-16)23(17-11-7-4-8-12-17)30-31-24(22)29-26-28-19-14-13-18(27)15-20(19)34-26/h3-15H,2H2,1H3,(H,28,29,31). The monoisotopic (exact) mass is 470 g/mol. The van der Waals surface area contributed by atoms with Gasteiger partial charge in [-0.2, -0.15) is 0 Å². The number of nitrogens with one attached hydrogen (secondary N) is 1. The number of thiazole rings is 1. The molecular formula is C26H19FN4O2S. The van der Waals surface area contributed by atoms with Gasteiger partial charge < -0.3 is 10.1 Å². The maximum atomic E-state index is 13.6. The maximum absolute atomic E-state index is 13.6. The number of hydrogen-bond acceptors (Lipinski definition) is 7. The highest BCUT2D eigenvalue weighted by Gasteiger charge is 2.26. The molecule has 2 aromatic heterocycles. The molecule has 0 aliphatic carbocycles. The third kappa shape index (κ3) is 4.23. The van der Waals surface area contributed by atoms with Gasteiger partial charge in [0.15, 0.2) is 10.9 Å². The van der Waals surface area contributed by atoms with Crippen LogP contribution in [0.5, 0.6) is 0 Å². The Kier molecular flexibility index (Phi) is 5.97. The van der Waals surface area contributed by atoms with Crippen LogP contribution in [0.15, 0.2) is 78.9 Å². The number of esters is 1. The van der Waals surface area contributed by atoms with Gasteiger partial charge in [-0.15, -0.1) is 10.2 Å². The lowest BCUT2D eigenvalue weighted by molar-refractivity contribution is 0.0528. The topological polar surface area (TPSA) is 77.0 Å². The first-order valence-corrected chi connectivity index (χ1v) is 11.5. The van der Waals surface area contributed by atoms with Gasteiger partial charge in [-0.1, -0.05) is 72.0 Å². The molecule has 6 nitrogen and oxygen atoms in total. The molecule has 1 N–H and O–H groups in total. The van der Waals surface area contributed by atoms with Crippen molar-refractivity contribution in [2.75, 3.05) is 11.9 Å². The van der Waals surface area contributed by atoms with Crippen LogP contribution < -0.4 is 5.32 Å². The summed E-state index contributed by atoms with van der Waals surface area (Å²) in [6, 6.07) is 23.5. The van der Waals surface area contributed by atoms with Crippen molar-refractivity contribution < 1.29 is 13.9 Å². The number of benzene rings is 3. The molecule has 0 fully saturated rings. The zero-order valence-electron chi connectivity index (χ0n) is 18.2. The normalized spacial score (nSPS) is 10.9. The number of halogens is 1. The van der Waals surface area contributed by atoms with Crippen molar-refractivity contribution in [2.45, 2.75) is 6.92 Å². The quantitative estimate of drug-likeness (QED) is 0.286. The van der Waals surface area contributed by atoms with Gasteiger partial charge in [0.2, 0.25) is 0 Å². The Morgan fingerprint density at radius 3 is 2.38 bits per heavy atom. The van der Waals surface area contributed by atoms with Crippen LogP contribution in [0, 0.1) is 5.82 Å². The number of aromatic nitrogens is 3. The summed E-state index contributed by atoms with van der Waals surface area (Å²) in [7, 11) is 0. The van der Waals surface area contributed by atoms with Gasteiger partial charge in [0.05, 0.1) is 16.8 Å². The number of hydrogen-bond donors (Lipinski definition) is 1. The minimum atomic E-state index is -0.525. The fraction of sp³-hybridized carbons (Fsp3) is 0.0769. The molecule has 0 bridgehead atoms. The first-order valence-electron chi connectivity index (χ1n) is 10.7. The molecule has 5 aromatic rings. The first-order chi connectivity index (χ1) is 16.6. The molecule has 0 unspecified atom stereocenters. The summed E-state index contributed by atoms with van der Waals surface area (Å²) in [6.07, 6.45) is 0. The smallest absolute Gasteiger partial charge is 0.342 e. The number of carbonyl (C=O) groups excluding carboxylic acids is 1. The van der Waals surface area contributed by atoms with Crippen molar-refractivity contribution in [1.82, 2.24) is 15.2 Å². The highest BCUT2D eigenvalue weighted by atomic mass is 32.1. The second-order valence-corrected chi connectivity index (χ2v) is 8.39. The second-order valence-electron chi connectivity index (χ2n) is 7.36. The molecule has 0 radical (unpaired) electrons. The minimum Gasteiger partial charge on any atom is -0.462 e. The summed E-state index contributed by atoms with van der Waals surface area (Å²) in [6.45, 7) is 1.96. The molecule has 8 heteroatoms. The Labute approximate surface area is 199 Å². The van der Waals surface area contributed by atoms with E-state index < -0.39 is 5.97 Å². The summed E-state index contributed by atoms with van der Waals surface area (Å²) in [5, 5.41) is 12.4. The van der Waals surface area contributed by atoms with Crippen molar-refractivity contribution in [3.05, 3.63) is 90.2 Å². The lowest BCUT2D eigenvalue weighted by Gasteiger charge is -2.16. The van der Waals surface area contributed by atoms with Crippen LogP contribution in [-0.4, -0.2) is 27.8 Å². The van der Waals surface area contributed by atoms with Crippen molar-refractivity contribution >= 4 is 38.5 Å². The number of rotatable bonds is 6. The van der Waals surface area contributed by atoms with Gasteiger partial charge in [-0.05, 0) is 30.7 Å². The molecule has 0 amide bonds. The van der Waals surface area contributed by atoms with Crippen LogP contribution in [0.3, 0.4) is 0 Å².